The molecule has 3 rings (SSSR count). The molecule has 0 saturated heterocycles. The highest BCUT2D eigenvalue weighted by atomic mass is 16.5. The number of rotatable bonds is 2. The van der Waals surface area contributed by atoms with Crippen molar-refractivity contribution in [3.05, 3.63) is 47.8 Å². The van der Waals surface area contributed by atoms with Crippen LogP contribution in [0.3, 0.4) is 0 Å². The summed E-state index contributed by atoms with van der Waals surface area (Å²) in [6.07, 6.45) is 1.91. The van der Waals surface area contributed by atoms with Crippen molar-refractivity contribution in [2.75, 3.05) is 12.8 Å². The molecule has 3 aromatic rings. The summed E-state index contributed by atoms with van der Waals surface area (Å²) in [7, 11) is 1.68. The second-order valence-corrected chi connectivity index (χ2v) is 4.92. The molecule has 4 heteroatoms. The van der Waals surface area contributed by atoms with Gasteiger partial charge in [0.2, 0.25) is 0 Å². The number of aromatic nitrogens is 2. The van der Waals surface area contributed by atoms with Crippen LogP contribution in [0, 0.1) is 13.8 Å². The van der Waals surface area contributed by atoms with Crippen LogP contribution in [0.25, 0.3) is 16.9 Å². The van der Waals surface area contributed by atoms with E-state index in [9.17, 15) is 0 Å². The van der Waals surface area contributed by atoms with Gasteiger partial charge in [-0.15, -0.1) is 0 Å². The first-order chi connectivity index (χ1) is 9.60. The Balaban J connectivity index is 2.24. The summed E-state index contributed by atoms with van der Waals surface area (Å²) in [5.41, 5.74) is 10.8. The fourth-order valence-electron chi connectivity index (χ4n) is 2.48. The van der Waals surface area contributed by atoms with E-state index in [-0.39, 0.29) is 0 Å². The molecule has 0 atom stereocenters. The first kappa shape index (κ1) is 12.5. The van der Waals surface area contributed by atoms with Crippen LogP contribution in [0.5, 0.6) is 5.75 Å². The average molecular weight is 267 g/mol. The molecule has 0 saturated carbocycles. The van der Waals surface area contributed by atoms with Crippen LogP contribution in [0.1, 0.15) is 11.3 Å². The molecule has 4 nitrogen and oxygen atoms in total. The molecular formula is C16H17N3O. The summed E-state index contributed by atoms with van der Waals surface area (Å²) in [6, 6.07) is 9.96. The van der Waals surface area contributed by atoms with Gasteiger partial charge in [0.1, 0.15) is 11.6 Å². The third-order valence-electron chi connectivity index (χ3n) is 3.50. The first-order valence-electron chi connectivity index (χ1n) is 6.49. The molecule has 0 bridgehead atoms. The SMILES string of the molecule is COc1ccc(-c2nc(C)c3ccc(N)cn23)cc1C. The van der Waals surface area contributed by atoms with Crippen LogP contribution >= 0.6 is 0 Å². The van der Waals surface area contributed by atoms with Crippen LogP contribution in [0.15, 0.2) is 36.5 Å². The number of benzene rings is 1. The number of hydrogen-bond acceptors (Lipinski definition) is 3. The molecule has 2 N–H and O–H groups in total. The van der Waals surface area contributed by atoms with Gasteiger partial charge in [0.05, 0.1) is 18.3 Å². The van der Waals surface area contributed by atoms with Crippen molar-refractivity contribution in [2.24, 2.45) is 0 Å². The third-order valence-corrected chi connectivity index (χ3v) is 3.50. The number of nitrogen functional groups attached to an aromatic ring is 1. The number of aryl methyl sites for hydroxylation is 2. The normalized spacial score (nSPS) is 10.9. The molecule has 0 amide bonds. The van der Waals surface area contributed by atoms with Gasteiger partial charge in [0.25, 0.3) is 0 Å². The molecule has 1 aromatic carbocycles. The lowest BCUT2D eigenvalue weighted by Crippen LogP contribution is -1.94. The molecule has 0 spiro atoms. The Labute approximate surface area is 117 Å². The van der Waals surface area contributed by atoms with E-state index in [0.717, 1.165) is 39.6 Å². The Kier molecular flexibility index (Phi) is 2.86. The van der Waals surface area contributed by atoms with Crippen molar-refractivity contribution < 1.29 is 4.74 Å². The molecule has 0 fully saturated rings. The number of nitrogens with two attached hydrogens (primary N) is 1. The van der Waals surface area contributed by atoms with Gasteiger partial charge in [0.15, 0.2) is 0 Å². The molecule has 0 aliphatic carbocycles. The lowest BCUT2D eigenvalue weighted by molar-refractivity contribution is 0.412. The standard InChI is InChI=1S/C16H17N3O/c1-10-8-12(4-7-15(10)20-3)16-18-11(2)14-6-5-13(17)9-19(14)16/h4-9H,17H2,1-3H3. The second kappa shape index (κ2) is 4.56. The average Bonchev–Trinajstić information content (AvgIpc) is 2.75. The second-order valence-electron chi connectivity index (χ2n) is 4.92. The summed E-state index contributed by atoms with van der Waals surface area (Å²) in [5, 5.41) is 0. The van der Waals surface area contributed by atoms with Crippen molar-refractivity contribution in [2.45, 2.75) is 13.8 Å². The molecule has 2 heterocycles. The van der Waals surface area contributed by atoms with Crippen molar-refractivity contribution in [1.29, 1.82) is 0 Å². The fourth-order valence-corrected chi connectivity index (χ4v) is 2.48. The zero-order valence-corrected chi connectivity index (χ0v) is 11.8. The minimum atomic E-state index is 0.724. The fraction of sp³-hybridized carbons (Fsp3) is 0.188. The van der Waals surface area contributed by atoms with E-state index in [1.807, 2.05) is 48.7 Å². The number of ether oxygens (including phenoxy) is 1. The van der Waals surface area contributed by atoms with Crippen LogP contribution in [0.2, 0.25) is 0 Å². The summed E-state index contributed by atoms with van der Waals surface area (Å²) in [6.45, 7) is 4.03. The molecule has 0 radical (unpaired) electrons. The number of nitrogens with zero attached hydrogens (tertiary/aromatic N) is 2. The van der Waals surface area contributed by atoms with Crippen LogP contribution in [0.4, 0.5) is 5.69 Å². The van der Waals surface area contributed by atoms with Gasteiger partial charge in [0, 0.05) is 17.4 Å². The minimum Gasteiger partial charge on any atom is -0.496 e. The summed E-state index contributed by atoms with van der Waals surface area (Å²) in [5.74, 6) is 1.78. The van der Waals surface area contributed by atoms with Gasteiger partial charge in [-0.25, -0.2) is 4.98 Å². The number of pyridine rings is 1. The van der Waals surface area contributed by atoms with Crippen LogP contribution in [-0.2, 0) is 0 Å². The van der Waals surface area contributed by atoms with E-state index in [2.05, 4.69) is 11.1 Å². The van der Waals surface area contributed by atoms with Crippen LogP contribution < -0.4 is 10.5 Å². The number of imidazole rings is 1. The van der Waals surface area contributed by atoms with Gasteiger partial charge in [-0.2, -0.15) is 0 Å². The zero-order chi connectivity index (χ0) is 14.3. The van der Waals surface area contributed by atoms with E-state index in [1.54, 1.807) is 7.11 Å². The van der Waals surface area contributed by atoms with Gasteiger partial charge in [-0.3, -0.25) is 4.40 Å². The van der Waals surface area contributed by atoms with Gasteiger partial charge < -0.3 is 10.5 Å². The van der Waals surface area contributed by atoms with Gasteiger partial charge in [-0.1, -0.05) is 0 Å². The Morgan fingerprint density at radius 3 is 2.65 bits per heavy atom. The predicted molar refractivity (Wildman–Crippen MR) is 81.1 cm³/mol. The van der Waals surface area contributed by atoms with E-state index < -0.39 is 0 Å². The van der Waals surface area contributed by atoms with Crippen molar-refractivity contribution in [1.82, 2.24) is 9.38 Å². The van der Waals surface area contributed by atoms with Crippen molar-refractivity contribution in [3.63, 3.8) is 0 Å². The smallest absolute Gasteiger partial charge is 0.144 e. The summed E-state index contributed by atoms with van der Waals surface area (Å²) in [4.78, 5) is 4.66. The highest BCUT2D eigenvalue weighted by Crippen LogP contribution is 2.27. The summed E-state index contributed by atoms with van der Waals surface area (Å²) < 4.78 is 7.33. The lowest BCUT2D eigenvalue weighted by atomic mass is 10.1. The summed E-state index contributed by atoms with van der Waals surface area (Å²) >= 11 is 0. The maximum absolute atomic E-state index is 5.89. The Morgan fingerprint density at radius 2 is 1.95 bits per heavy atom. The molecule has 0 aliphatic heterocycles. The Hall–Kier alpha value is -2.49. The number of fused-ring (bicyclic) bond motifs is 1. The molecule has 0 aliphatic rings. The zero-order valence-electron chi connectivity index (χ0n) is 11.8. The van der Waals surface area contributed by atoms with E-state index >= 15 is 0 Å². The highest BCUT2D eigenvalue weighted by Gasteiger charge is 2.11. The molecule has 0 unspecified atom stereocenters. The van der Waals surface area contributed by atoms with Crippen molar-refractivity contribution >= 4 is 11.2 Å². The lowest BCUT2D eigenvalue weighted by Gasteiger charge is -2.07. The maximum atomic E-state index is 5.89. The highest BCUT2D eigenvalue weighted by molar-refractivity contribution is 5.68. The van der Waals surface area contributed by atoms with Crippen molar-refractivity contribution in [3.8, 4) is 17.1 Å². The molecule has 102 valence electrons. The largest absolute Gasteiger partial charge is 0.496 e. The Morgan fingerprint density at radius 1 is 1.15 bits per heavy atom. The topological polar surface area (TPSA) is 52.5 Å². The molecule has 20 heavy (non-hydrogen) atoms. The Bertz CT molecular complexity index is 790. The number of methoxy groups -OCH3 is 1. The van der Waals surface area contributed by atoms with E-state index in [4.69, 9.17) is 10.5 Å². The van der Waals surface area contributed by atoms with Gasteiger partial charge in [-0.05, 0) is 49.7 Å². The molecular weight excluding hydrogens is 250 g/mol. The minimum absolute atomic E-state index is 0.724. The van der Waals surface area contributed by atoms with E-state index in [0.29, 0.717) is 0 Å². The monoisotopic (exact) mass is 267 g/mol. The maximum Gasteiger partial charge on any atom is 0.144 e. The number of hydrogen-bond donors (Lipinski definition) is 1. The molecule has 2 aromatic heterocycles. The first-order valence-corrected chi connectivity index (χ1v) is 6.49. The predicted octanol–water partition coefficient (Wildman–Crippen LogP) is 3.21. The van der Waals surface area contributed by atoms with E-state index in [1.165, 1.54) is 0 Å². The number of anilines is 1. The third kappa shape index (κ3) is 1.90. The van der Waals surface area contributed by atoms with Crippen LogP contribution in [-0.4, -0.2) is 16.5 Å². The van der Waals surface area contributed by atoms with Gasteiger partial charge >= 0.3 is 0 Å². The quantitative estimate of drug-likeness (QED) is 0.775.